The van der Waals surface area contributed by atoms with Gasteiger partial charge in [0.2, 0.25) is 12.1 Å². The molecule has 3 aromatic carbocycles. The van der Waals surface area contributed by atoms with Gasteiger partial charge in [0.05, 0.1) is 6.54 Å². The first kappa shape index (κ1) is 19.3. The molecule has 0 amide bonds. The largest absolute Gasteiger partial charge is 0.340 e. The van der Waals surface area contributed by atoms with Crippen molar-refractivity contribution in [1.29, 1.82) is 0 Å². The Morgan fingerprint density at radius 1 is 0.742 bits per heavy atom. The summed E-state index contributed by atoms with van der Waals surface area (Å²) in [4.78, 5) is 12.4. The second-order valence-electron chi connectivity index (χ2n) is 8.01. The van der Waals surface area contributed by atoms with Gasteiger partial charge < -0.3 is 4.57 Å². The van der Waals surface area contributed by atoms with Gasteiger partial charge in [-0.1, -0.05) is 66.7 Å². The molecule has 0 bridgehead atoms. The predicted molar refractivity (Wildman–Crippen MR) is 124 cm³/mol. The highest BCUT2D eigenvalue weighted by molar-refractivity contribution is 6.07. The van der Waals surface area contributed by atoms with Gasteiger partial charge in [-0.25, -0.2) is 9.13 Å². The molecule has 0 N–H and O–H groups in total. The molecule has 0 radical (unpaired) electrons. The van der Waals surface area contributed by atoms with Crippen molar-refractivity contribution in [2.75, 3.05) is 0 Å². The van der Waals surface area contributed by atoms with Crippen LogP contribution in [-0.4, -0.2) is 14.9 Å². The van der Waals surface area contributed by atoms with Crippen molar-refractivity contribution < 1.29 is 9.36 Å². The monoisotopic (exact) mass is 408 g/mol. The smallest absolute Gasteiger partial charge is 0.244 e. The summed E-state index contributed by atoms with van der Waals surface area (Å²) in [6, 6.07) is 26.8. The maximum Gasteiger partial charge on any atom is 0.244 e. The standard InChI is InChI=1S/C27H26N3O/c31-27(22-10-2-1-3-11-22)20-29-19-18-28(21-29)16-8-9-17-30-25-14-6-4-12-23(25)24-13-5-7-15-26(24)30/h1-7,10-15,18-19,21H,8-9,16-17,20H2/q+1. The Hall–Kier alpha value is -3.66. The highest BCUT2D eigenvalue weighted by atomic mass is 16.1. The van der Waals surface area contributed by atoms with E-state index in [2.05, 4.69) is 63.9 Å². The van der Waals surface area contributed by atoms with Crippen LogP contribution in [0.2, 0.25) is 0 Å². The number of fused-ring (bicyclic) bond motifs is 3. The molecule has 4 heteroatoms. The minimum Gasteiger partial charge on any atom is -0.340 e. The number of benzene rings is 3. The lowest BCUT2D eigenvalue weighted by Gasteiger charge is -2.07. The fourth-order valence-electron chi connectivity index (χ4n) is 4.35. The maximum absolute atomic E-state index is 12.4. The zero-order valence-corrected chi connectivity index (χ0v) is 17.5. The maximum atomic E-state index is 12.4. The van der Waals surface area contributed by atoms with E-state index >= 15 is 0 Å². The van der Waals surface area contributed by atoms with Gasteiger partial charge in [0.1, 0.15) is 12.4 Å². The number of Topliss-reactive ketones (excluding diaryl/α,β-unsaturated/α-hetero) is 1. The summed E-state index contributed by atoms with van der Waals surface area (Å²) in [6.45, 7) is 2.32. The second kappa shape index (κ2) is 8.60. The summed E-state index contributed by atoms with van der Waals surface area (Å²) in [5, 5.41) is 2.65. The van der Waals surface area contributed by atoms with E-state index in [1.165, 1.54) is 21.8 Å². The van der Waals surface area contributed by atoms with E-state index in [1.54, 1.807) is 0 Å². The van der Waals surface area contributed by atoms with Crippen molar-refractivity contribution in [2.45, 2.75) is 32.5 Å². The number of aryl methyl sites for hydroxylation is 2. The zero-order valence-electron chi connectivity index (χ0n) is 17.5. The van der Waals surface area contributed by atoms with Gasteiger partial charge in [-0.3, -0.25) is 4.79 Å². The second-order valence-corrected chi connectivity index (χ2v) is 8.01. The third-order valence-electron chi connectivity index (χ3n) is 5.90. The number of hydrogen-bond donors (Lipinski definition) is 0. The third-order valence-corrected chi connectivity index (χ3v) is 5.90. The summed E-state index contributed by atoms with van der Waals surface area (Å²) >= 11 is 0. The molecular weight excluding hydrogens is 382 g/mol. The molecule has 0 aliphatic rings. The van der Waals surface area contributed by atoms with Gasteiger partial charge in [0.15, 0.2) is 6.54 Å². The van der Waals surface area contributed by atoms with E-state index in [0.29, 0.717) is 6.54 Å². The van der Waals surface area contributed by atoms with Crippen molar-refractivity contribution >= 4 is 27.6 Å². The molecule has 31 heavy (non-hydrogen) atoms. The number of hydrogen-bond acceptors (Lipinski definition) is 1. The first-order chi connectivity index (χ1) is 15.3. The molecule has 0 saturated carbocycles. The number of carbonyl (C=O) groups is 1. The minimum absolute atomic E-state index is 0.134. The van der Waals surface area contributed by atoms with Crippen LogP contribution < -0.4 is 4.57 Å². The van der Waals surface area contributed by atoms with Crippen LogP contribution in [-0.2, 0) is 19.6 Å². The fourth-order valence-corrected chi connectivity index (χ4v) is 4.35. The van der Waals surface area contributed by atoms with Gasteiger partial charge >= 0.3 is 0 Å². The van der Waals surface area contributed by atoms with Crippen LogP contribution in [0.5, 0.6) is 0 Å². The lowest BCUT2D eigenvalue weighted by Crippen LogP contribution is -2.35. The molecule has 4 nitrogen and oxygen atoms in total. The van der Waals surface area contributed by atoms with Crippen molar-refractivity contribution in [3.63, 3.8) is 0 Å². The molecule has 0 saturated heterocycles. The van der Waals surface area contributed by atoms with Gasteiger partial charge in [-0.2, -0.15) is 0 Å². The highest BCUT2D eigenvalue weighted by Crippen LogP contribution is 2.28. The molecule has 0 atom stereocenters. The number of ketones is 1. The van der Waals surface area contributed by atoms with Crippen LogP contribution in [0.1, 0.15) is 23.2 Å². The first-order valence-corrected chi connectivity index (χ1v) is 10.9. The molecule has 0 unspecified atom stereocenters. The van der Waals surface area contributed by atoms with Gasteiger partial charge in [-0.05, 0) is 25.0 Å². The summed E-state index contributed by atoms with van der Waals surface area (Å²) < 4.78 is 6.57. The van der Waals surface area contributed by atoms with Crippen molar-refractivity contribution in [3.05, 3.63) is 103 Å². The van der Waals surface area contributed by atoms with Gasteiger partial charge in [-0.15, -0.1) is 0 Å². The number of aromatic nitrogens is 3. The van der Waals surface area contributed by atoms with E-state index in [9.17, 15) is 4.79 Å². The molecule has 0 fully saturated rings. The molecule has 2 aromatic heterocycles. The number of nitrogens with zero attached hydrogens (tertiary/aromatic N) is 3. The Labute approximate surface area is 182 Å². The van der Waals surface area contributed by atoms with Crippen LogP contribution in [0.25, 0.3) is 21.8 Å². The number of rotatable bonds is 8. The lowest BCUT2D eigenvalue weighted by molar-refractivity contribution is -0.682. The van der Waals surface area contributed by atoms with Gasteiger partial charge in [0.25, 0.3) is 0 Å². The van der Waals surface area contributed by atoms with Crippen LogP contribution in [0.15, 0.2) is 97.6 Å². The normalized spacial score (nSPS) is 11.4. The summed E-state index contributed by atoms with van der Waals surface area (Å²) in [5.41, 5.74) is 3.37. The lowest BCUT2D eigenvalue weighted by atomic mass is 10.1. The number of para-hydroxylation sites is 2. The predicted octanol–water partition coefficient (Wildman–Crippen LogP) is 5.25. The first-order valence-electron chi connectivity index (χ1n) is 10.9. The number of imidazole rings is 1. The average Bonchev–Trinajstić information content (AvgIpc) is 3.39. The quantitative estimate of drug-likeness (QED) is 0.196. The molecule has 2 heterocycles. The topological polar surface area (TPSA) is 30.8 Å². The zero-order chi connectivity index (χ0) is 21.0. The number of unbranched alkanes of at least 4 members (excludes halogenated alkanes) is 1. The highest BCUT2D eigenvalue weighted by Gasteiger charge is 2.12. The average molecular weight is 409 g/mol. The summed E-state index contributed by atoms with van der Waals surface area (Å²) in [6.07, 6.45) is 8.25. The van der Waals surface area contributed by atoms with Crippen LogP contribution in [0, 0.1) is 0 Å². The van der Waals surface area contributed by atoms with E-state index in [-0.39, 0.29) is 5.78 Å². The van der Waals surface area contributed by atoms with Crippen LogP contribution >= 0.6 is 0 Å². The Kier molecular flexibility index (Phi) is 5.36. The van der Waals surface area contributed by atoms with E-state index in [1.807, 2.05) is 47.4 Å². The third kappa shape index (κ3) is 4.02. The van der Waals surface area contributed by atoms with Crippen LogP contribution in [0.3, 0.4) is 0 Å². The van der Waals surface area contributed by atoms with E-state index < -0.39 is 0 Å². The van der Waals surface area contributed by atoms with Crippen molar-refractivity contribution in [2.24, 2.45) is 0 Å². The SMILES string of the molecule is O=C(C[n+]1ccn(CCCCn2c3ccccc3c3ccccc32)c1)c1ccccc1. The Morgan fingerprint density at radius 2 is 1.35 bits per heavy atom. The summed E-state index contributed by atoms with van der Waals surface area (Å²) in [7, 11) is 0. The van der Waals surface area contributed by atoms with Crippen molar-refractivity contribution in [3.8, 4) is 0 Å². The van der Waals surface area contributed by atoms with E-state index in [0.717, 1.165) is 31.5 Å². The molecule has 154 valence electrons. The van der Waals surface area contributed by atoms with E-state index in [4.69, 9.17) is 0 Å². The Morgan fingerprint density at radius 3 is 2.06 bits per heavy atom. The fraction of sp³-hybridized carbons (Fsp3) is 0.185. The molecule has 5 rings (SSSR count). The molecule has 0 spiro atoms. The molecular formula is C27H26N3O+. The van der Waals surface area contributed by atoms with Crippen LogP contribution in [0.4, 0.5) is 0 Å². The molecule has 0 aliphatic heterocycles. The molecule has 0 aliphatic carbocycles. The van der Waals surface area contributed by atoms with Crippen molar-refractivity contribution in [1.82, 2.24) is 9.13 Å². The molecule has 5 aromatic rings. The summed E-state index contributed by atoms with van der Waals surface area (Å²) in [5.74, 6) is 0.134. The van der Waals surface area contributed by atoms with Gasteiger partial charge in [0, 0.05) is 33.9 Å². The Balaban J connectivity index is 1.20. The minimum atomic E-state index is 0.134. The Bertz CT molecular complexity index is 1280. The number of carbonyl (C=O) groups excluding carboxylic acids is 1.